The van der Waals surface area contributed by atoms with E-state index in [0.717, 1.165) is 48.6 Å². The van der Waals surface area contributed by atoms with E-state index in [0.29, 0.717) is 11.6 Å². The molecule has 0 atom stereocenters. The number of H-pyrrole nitrogens is 1. The van der Waals surface area contributed by atoms with Crippen LogP contribution in [0.4, 0.5) is 11.6 Å². The van der Waals surface area contributed by atoms with Gasteiger partial charge in [-0.25, -0.2) is 15.0 Å². The molecule has 24 heavy (non-hydrogen) atoms. The summed E-state index contributed by atoms with van der Waals surface area (Å²) < 4.78 is 0. The zero-order valence-electron chi connectivity index (χ0n) is 13.0. The number of nitrogens with one attached hydrogen (secondary N) is 2. The molecule has 0 saturated carbocycles. The van der Waals surface area contributed by atoms with Crippen LogP contribution in [0, 0.1) is 11.3 Å². The molecule has 0 aliphatic carbocycles. The number of aromatic amines is 1. The average Bonchev–Trinajstić information content (AvgIpc) is 3.12. The van der Waals surface area contributed by atoms with Gasteiger partial charge in [0.2, 0.25) is 0 Å². The molecule has 0 bridgehead atoms. The van der Waals surface area contributed by atoms with Crippen LogP contribution in [0.25, 0.3) is 11.0 Å². The molecule has 4 rings (SSSR count). The van der Waals surface area contributed by atoms with Crippen molar-refractivity contribution in [2.75, 3.05) is 23.3 Å². The summed E-state index contributed by atoms with van der Waals surface area (Å²) >= 11 is 0. The predicted molar refractivity (Wildman–Crippen MR) is 89.5 cm³/mol. The van der Waals surface area contributed by atoms with Crippen molar-refractivity contribution in [3.05, 3.63) is 36.4 Å². The Balaban J connectivity index is 1.41. The van der Waals surface area contributed by atoms with Crippen LogP contribution in [0.5, 0.6) is 0 Å². The van der Waals surface area contributed by atoms with Gasteiger partial charge in [0.25, 0.3) is 0 Å². The molecule has 1 aliphatic heterocycles. The summed E-state index contributed by atoms with van der Waals surface area (Å²) in [6.45, 7) is 1.83. The highest BCUT2D eigenvalue weighted by Gasteiger charge is 2.21. The quantitative estimate of drug-likeness (QED) is 0.756. The minimum absolute atomic E-state index is 0.354. The molecule has 0 spiro atoms. The molecule has 120 valence electrons. The number of fused-ring (bicyclic) bond motifs is 1. The molecule has 1 fully saturated rings. The summed E-state index contributed by atoms with van der Waals surface area (Å²) in [6.07, 6.45) is 6.89. The molecule has 8 heteroatoms. The van der Waals surface area contributed by atoms with Crippen molar-refractivity contribution in [2.24, 2.45) is 0 Å². The van der Waals surface area contributed by atoms with Gasteiger partial charge in [-0.1, -0.05) is 0 Å². The Labute approximate surface area is 138 Å². The zero-order chi connectivity index (χ0) is 16.4. The number of nitrogens with zero attached hydrogens (tertiary/aromatic N) is 6. The number of piperidine rings is 1. The number of anilines is 2. The minimum atomic E-state index is 0.354. The number of pyridine rings is 1. The summed E-state index contributed by atoms with van der Waals surface area (Å²) in [5.74, 6) is 1.75. The van der Waals surface area contributed by atoms with Gasteiger partial charge in [-0.3, -0.25) is 5.10 Å². The van der Waals surface area contributed by atoms with E-state index in [1.165, 1.54) is 0 Å². The Bertz CT molecular complexity index is 871. The van der Waals surface area contributed by atoms with Crippen molar-refractivity contribution < 1.29 is 0 Å². The molecule has 3 aromatic rings. The second kappa shape index (κ2) is 6.12. The van der Waals surface area contributed by atoms with E-state index in [1.54, 1.807) is 18.7 Å². The van der Waals surface area contributed by atoms with Crippen LogP contribution in [0.3, 0.4) is 0 Å². The van der Waals surface area contributed by atoms with Crippen molar-refractivity contribution in [1.82, 2.24) is 25.1 Å². The molecule has 4 heterocycles. The maximum atomic E-state index is 8.84. The van der Waals surface area contributed by atoms with E-state index in [1.807, 2.05) is 12.1 Å². The normalized spacial score (nSPS) is 15.4. The Morgan fingerprint density at radius 1 is 1.17 bits per heavy atom. The highest BCUT2D eigenvalue weighted by Crippen LogP contribution is 2.22. The maximum absolute atomic E-state index is 8.84. The van der Waals surface area contributed by atoms with Crippen LogP contribution >= 0.6 is 0 Å². The first-order chi connectivity index (χ1) is 11.8. The fraction of sp³-hybridized carbons (Fsp3) is 0.312. The highest BCUT2D eigenvalue weighted by molar-refractivity contribution is 5.85. The highest BCUT2D eigenvalue weighted by atomic mass is 15.2. The lowest BCUT2D eigenvalue weighted by Crippen LogP contribution is -2.39. The van der Waals surface area contributed by atoms with E-state index in [9.17, 15) is 0 Å². The first-order valence-corrected chi connectivity index (χ1v) is 7.85. The van der Waals surface area contributed by atoms with Gasteiger partial charge in [0.15, 0.2) is 5.65 Å². The van der Waals surface area contributed by atoms with Gasteiger partial charge in [-0.2, -0.15) is 10.4 Å². The largest absolute Gasteiger partial charge is 0.366 e. The van der Waals surface area contributed by atoms with Crippen LogP contribution in [0.2, 0.25) is 0 Å². The van der Waals surface area contributed by atoms with Crippen molar-refractivity contribution in [2.45, 2.75) is 18.9 Å². The lowest BCUT2D eigenvalue weighted by molar-refractivity contribution is 0.523. The number of rotatable bonds is 3. The summed E-state index contributed by atoms with van der Waals surface area (Å²) in [5, 5.41) is 20.1. The number of nitriles is 1. The lowest BCUT2D eigenvalue weighted by atomic mass is 10.0. The number of hydrogen-bond acceptors (Lipinski definition) is 7. The fourth-order valence-corrected chi connectivity index (χ4v) is 2.97. The summed E-state index contributed by atoms with van der Waals surface area (Å²) in [6, 6.07) is 6.16. The second-order valence-electron chi connectivity index (χ2n) is 5.78. The monoisotopic (exact) mass is 320 g/mol. The van der Waals surface area contributed by atoms with Crippen molar-refractivity contribution in [3.63, 3.8) is 0 Å². The minimum Gasteiger partial charge on any atom is -0.366 e. The van der Waals surface area contributed by atoms with Crippen LogP contribution in [-0.2, 0) is 0 Å². The van der Waals surface area contributed by atoms with Crippen molar-refractivity contribution in [1.29, 1.82) is 5.26 Å². The van der Waals surface area contributed by atoms with Gasteiger partial charge in [0, 0.05) is 25.3 Å². The SMILES string of the molecule is N#Cc1ccc(N2CCC(Nc3ncnc4[nH]ncc34)CC2)nc1. The van der Waals surface area contributed by atoms with E-state index in [2.05, 4.69) is 41.4 Å². The summed E-state index contributed by atoms with van der Waals surface area (Å²) in [5.41, 5.74) is 1.33. The molecule has 2 N–H and O–H groups in total. The zero-order valence-corrected chi connectivity index (χ0v) is 13.0. The third-order valence-electron chi connectivity index (χ3n) is 4.28. The van der Waals surface area contributed by atoms with Gasteiger partial charge < -0.3 is 10.2 Å². The first kappa shape index (κ1) is 14.4. The Morgan fingerprint density at radius 2 is 2.04 bits per heavy atom. The first-order valence-electron chi connectivity index (χ1n) is 7.85. The fourth-order valence-electron chi connectivity index (χ4n) is 2.97. The molecule has 0 aromatic carbocycles. The molecule has 8 nitrogen and oxygen atoms in total. The Kier molecular flexibility index (Phi) is 3.67. The Hall–Kier alpha value is -3.21. The van der Waals surface area contributed by atoms with Gasteiger partial charge >= 0.3 is 0 Å². The number of aromatic nitrogens is 5. The molecule has 0 radical (unpaired) electrons. The summed E-state index contributed by atoms with van der Waals surface area (Å²) in [4.78, 5) is 15.1. The van der Waals surface area contributed by atoms with Gasteiger partial charge in [-0.05, 0) is 25.0 Å². The van der Waals surface area contributed by atoms with Crippen LogP contribution in [0.1, 0.15) is 18.4 Å². The smallest absolute Gasteiger partial charge is 0.160 e. The van der Waals surface area contributed by atoms with E-state index >= 15 is 0 Å². The second-order valence-corrected chi connectivity index (χ2v) is 5.78. The Morgan fingerprint density at radius 3 is 2.79 bits per heavy atom. The van der Waals surface area contributed by atoms with E-state index in [4.69, 9.17) is 5.26 Å². The third kappa shape index (κ3) is 2.72. The molecule has 1 saturated heterocycles. The van der Waals surface area contributed by atoms with Gasteiger partial charge in [0.1, 0.15) is 24.0 Å². The molecule has 0 unspecified atom stereocenters. The molecular weight excluding hydrogens is 304 g/mol. The molecule has 3 aromatic heterocycles. The number of hydrogen-bond donors (Lipinski definition) is 2. The van der Waals surface area contributed by atoms with Gasteiger partial charge in [0.05, 0.1) is 17.1 Å². The third-order valence-corrected chi connectivity index (χ3v) is 4.28. The van der Waals surface area contributed by atoms with Gasteiger partial charge in [-0.15, -0.1) is 0 Å². The van der Waals surface area contributed by atoms with E-state index < -0.39 is 0 Å². The molecule has 0 amide bonds. The van der Waals surface area contributed by atoms with Crippen LogP contribution < -0.4 is 10.2 Å². The average molecular weight is 320 g/mol. The maximum Gasteiger partial charge on any atom is 0.160 e. The van der Waals surface area contributed by atoms with Crippen molar-refractivity contribution in [3.8, 4) is 6.07 Å². The lowest BCUT2D eigenvalue weighted by Gasteiger charge is -2.33. The topological polar surface area (TPSA) is 106 Å². The van der Waals surface area contributed by atoms with Crippen LogP contribution in [-0.4, -0.2) is 44.3 Å². The predicted octanol–water partition coefficient (Wildman–Crippen LogP) is 1.70. The van der Waals surface area contributed by atoms with Crippen molar-refractivity contribution >= 4 is 22.7 Å². The van der Waals surface area contributed by atoms with E-state index in [-0.39, 0.29) is 0 Å². The standard InChI is InChI=1S/C16H16N8/c17-7-11-1-2-14(18-8-11)24-5-3-12(4-6-24)22-15-13-9-21-23-16(13)20-10-19-15/h1-2,8-10,12H,3-6H2,(H2,19,20,21,22,23). The molecular formula is C16H16N8. The molecule has 1 aliphatic rings. The summed E-state index contributed by atoms with van der Waals surface area (Å²) in [7, 11) is 0. The van der Waals surface area contributed by atoms with Crippen LogP contribution in [0.15, 0.2) is 30.9 Å².